The first-order valence-corrected chi connectivity index (χ1v) is 10.6. The number of methoxy groups -OCH3 is 1. The summed E-state index contributed by atoms with van der Waals surface area (Å²) in [7, 11) is 3.39. The van der Waals surface area contributed by atoms with Crippen LogP contribution in [0.1, 0.15) is 24.5 Å². The van der Waals surface area contributed by atoms with Crippen LogP contribution in [0.15, 0.2) is 72.6 Å². The molecule has 168 valence electrons. The van der Waals surface area contributed by atoms with Crippen LogP contribution in [0, 0.1) is 0 Å². The van der Waals surface area contributed by atoms with Gasteiger partial charge in [0, 0.05) is 36.7 Å². The maximum absolute atomic E-state index is 13.6. The number of nitrogens with one attached hydrogen (secondary N) is 2. The molecule has 1 aliphatic carbocycles. The van der Waals surface area contributed by atoms with Gasteiger partial charge in [0.05, 0.1) is 30.4 Å². The molecule has 9 nitrogen and oxygen atoms in total. The van der Waals surface area contributed by atoms with Crippen molar-refractivity contribution in [1.29, 1.82) is 0 Å². The zero-order valence-corrected chi connectivity index (χ0v) is 18.6. The van der Waals surface area contributed by atoms with Crippen molar-refractivity contribution in [3.8, 4) is 11.6 Å². The second kappa shape index (κ2) is 8.01. The summed E-state index contributed by atoms with van der Waals surface area (Å²) in [5.41, 5.74) is 4.86. The quantitative estimate of drug-likeness (QED) is 0.401. The number of imidazole rings is 1. The number of benzene rings is 1. The third-order valence-electron chi connectivity index (χ3n) is 5.61. The molecule has 1 aliphatic rings. The van der Waals surface area contributed by atoms with Crippen molar-refractivity contribution in [1.82, 2.24) is 23.7 Å². The zero-order valence-electron chi connectivity index (χ0n) is 18.6. The lowest BCUT2D eigenvalue weighted by Crippen LogP contribution is -2.26. The van der Waals surface area contributed by atoms with Crippen LogP contribution in [0.25, 0.3) is 11.3 Å². The van der Waals surface area contributed by atoms with E-state index in [1.165, 1.54) is 0 Å². The summed E-state index contributed by atoms with van der Waals surface area (Å²) in [6, 6.07) is 7.58. The number of anilines is 3. The molecule has 0 saturated heterocycles. The van der Waals surface area contributed by atoms with E-state index in [-0.39, 0.29) is 5.69 Å². The lowest BCUT2D eigenvalue weighted by Gasteiger charge is -2.14. The molecule has 0 spiro atoms. The maximum atomic E-state index is 13.6. The summed E-state index contributed by atoms with van der Waals surface area (Å²) in [5.74, 6) is 0.810. The van der Waals surface area contributed by atoms with Crippen LogP contribution < -0.4 is 21.1 Å². The van der Waals surface area contributed by atoms with Crippen LogP contribution in [0.2, 0.25) is 0 Å². The minimum Gasteiger partial charge on any atom is -0.478 e. The number of aryl methyl sites for hydroxylation is 1. The van der Waals surface area contributed by atoms with Crippen molar-refractivity contribution in [2.75, 3.05) is 17.7 Å². The van der Waals surface area contributed by atoms with E-state index in [1.54, 1.807) is 39.2 Å². The molecule has 1 aromatic carbocycles. The highest BCUT2D eigenvalue weighted by molar-refractivity contribution is 5.75. The van der Waals surface area contributed by atoms with Crippen LogP contribution in [-0.2, 0) is 7.05 Å². The van der Waals surface area contributed by atoms with Crippen molar-refractivity contribution in [2.45, 2.75) is 18.8 Å². The Labute approximate surface area is 190 Å². The lowest BCUT2D eigenvalue weighted by atomic mass is 10.2. The monoisotopic (exact) mass is 443 g/mol. The first-order valence-electron chi connectivity index (χ1n) is 10.6. The Kier molecular flexibility index (Phi) is 5.01. The van der Waals surface area contributed by atoms with E-state index in [4.69, 9.17) is 4.74 Å². The van der Waals surface area contributed by atoms with Gasteiger partial charge in [0.1, 0.15) is 5.69 Å². The number of ether oxygens (including phenoxy) is 1. The number of hydrogen-bond donors (Lipinski definition) is 2. The molecular formula is C24H25N7O2. The Morgan fingerprint density at radius 3 is 2.82 bits per heavy atom. The molecule has 1 saturated carbocycles. The second-order valence-corrected chi connectivity index (χ2v) is 8.07. The van der Waals surface area contributed by atoms with Gasteiger partial charge in [-0.25, -0.2) is 14.2 Å². The highest BCUT2D eigenvalue weighted by atomic mass is 16.5. The topological polar surface area (TPSA) is 90.4 Å². The fourth-order valence-electron chi connectivity index (χ4n) is 3.87. The van der Waals surface area contributed by atoms with Crippen LogP contribution in [0.4, 0.5) is 17.1 Å². The molecule has 4 aromatic rings. The maximum Gasteiger partial charge on any atom is 0.338 e. The van der Waals surface area contributed by atoms with Crippen molar-refractivity contribution in [2.24, 2.45) is 7.05 Å². The fourth-order valence-corrected chi connectivity index (χ4v) is 3.87. The van der Waals surface area contributed by atoms with Crippen LogP contribution in [0.5, 0.6) is 5.88 Å². The van der Waals surface area contributed by atoms with Gasteiger partial charge >= 0.3 is 5.69 Å². The first-order chi connectivity index (χ1) is 16.0. The molecule has 0 atom stereocenters. The summed E-state index contributed by atoms with van der Waals surface area (Å²) < 4.78 is 10.4. The van der Waals surface area contributed by atoms with Gasteiger partial charge in [0.15, 0.2) is 5.65 Å². The Bertz CT molecular complexity index is 1440. The molecule has 3 heterocycles. The second-order valence-electron chi connectivity index (χ2n) is 8.07. The zero-order chi connectivity index (χ0) is 23.1. The van der Waals surface area contributed by atoms with Gasteiger partial charge in [-0.1, -0.05) is 19.2 Å². The average molecular weight is 444 g/mol. The van der Waals surface area contributed by atoms with Gasteiger partial charge in [-0.15, -0.1) is 5.10 Å². The highest BCUT2D eigenvalue weighted by Crippen LogP contribution is 2.40. The fraction of sp³-hybridized carbons (Fsp3) is 0.208. The highest BCUT2D eigenvalue weighted by Gasteiger charge is 2.29. The normalized spacial score (nSPS) is 13.2. The van der Waals surface area contributed by atoms with E-state index in [1.807, 2.05) is 37.5 Å². The Morgan fingerprint density at radius 1 is 1.27 bits per heavy atom. The molecule has 5 rings (SSSR count). The third kappa shape index (κ3) is 3.78. The van der Waals surface area contributed by atoms with E-state index in [2.05, 4.69) is 33.9 Å². The molecule has 3 aromatic heterocycles. The van der Waals surface area contributed by atoms with E-state index in [0.29, 0.717) is 40.2 Å². The molecule has 0 bridgehead atoms. The van der Waals surface area contributed by atoms with Gasteiger partial charge in [-0.3, -0.25) is 9.25 Å². The van der Waals surface area contributed by atoms with Crippen molar-refractivity contribution in [3.63, 3.8) is 0 Å². The van der Waals surface area contributed by atoms with E-state index in [0.717, 1.165) is 24.2 Å². The first kappa shape index (κ1) is 20.6. The predicted octanol–water partition coefficient (Wildman–Crippen LogP) is 3.96. The number of fused-ring (bicyclic) bond motifs is 1. The van der Waals surface area contributed by atoms with Gasteiger partial charge < -0.3 is 15.4 Å². The van der Waals surface area contributed by atoms with Gasteiger partial charge in [0.25, 0.3) is 5.88 Å². The summed E-state index contributed by atoms with van der Waals surface area (Å²) in [5, 5.41) is 10.8. The third-order valence-corrected chi connectivity index (χ3v) is 5.61. The number of rotatable bonds is 8. The molecule has 2 N–H and O–H groups in total. The van der Waals surface area contributed by atoms with Crippen molar-refractivity contribution >= 4 is 22.7 Å². The molecule has 1 fully saturated rings. The summed E-state index contributed by atoms with van der Waals surface area (Å²) in [6.45, 7) is 7.63. The van der Waals surface area contributed by atoms with Gasteiger partial charge in [-0.05, 0) is 37.1 Å². The molecule has 0 amide bonds. The van der Waals surface area contributed by atoms with Crippen molar-refractivity contribution in [3.05, 3.63) is 84.0 Å². The van der Waals surface area contributed by atoms with E-state index >= 15 is 0 Å². The van der Waals surface area contributed by atoms with Gasteiger partial charge in [-0.2, -0.15) is 0 Å². The summed E-state index contributed by atoms with van der Waals surface area (Å²) in [6.07, 6.45) is 9.14. The molecule has 0 aliphatic heterocycles. The standard InChI is InChI=1S/C24H25N7O2/c1-5-15(2)26-17-7-6-8-18(11-17)30-14-19(27-20-13-29(3)28-23(20)33-4)22-25-12-21(16-9-10-16)31(22)24(30)32/h5-8,11-14,16,26-27H,1-2,9-10H2,3-4H3. The molecule has 0 unspecified atom stereocenters. The number of hydrogen-bond acceptors (Lipinski definition) is 6. The Morgan fingerprint density at radius 2 is 2.09 bits per heavy atom. The minimum atomic E-state index is -0.173. The minimum absolute atomic E-state index is 0.173. The Balaban J connectivity index is 1.68. The molecule has 9 heteroatoms. The predicted molar refractivity (Wildman–Crippen MR) is 129 cm³/mol. The van der Waals surface area contributed by atoms with Crippen LogP contribution in [0.3, 0.4) is 0 Å². The van der Waals surface area contributed by atoms with Crippen LogP contribution >= 0.6 is 0 Å². The van der Waals surface area contributed by atoms with Gasteiger partial charge in [0.2, 0.25) is 0 Å². The number of allylic oxidation sites excluding steroid dienone is 1. The van der Waals surface area contributed by atoms with Crippen molar-refractivity contribution < 1.29 is 4.74 Å². The molecule has 33 heavy (non-hydrogen) atoms. The number of nitrogens with zero attached hydrogens (tertiary/aromatic N) is 5. The van der Waals surface area contributed by atoms with E-state index < -0.39 is 0 Å². The molecule has 0 radical (unpaired) electrons. The smallest absolute Gasteiger partial charge is 0.338 e. The van der Waals surface area contributed by atoms with Crippen LogP contribution in [-0.4, -0.2) is 30.8 Å². The largest absolute Gasteiger partial charge is 0.478 e. The summed E-state index contributed by atoms with van der Waals surface area (Å²) in [4.78, 5) is 18.2. The van der Waals surface area contributed by atoms with E-state index in [9.17, 15) is 4.79 Å². The molecular weight excluding hydrogens is 418 g/mol. The Hall–Kier alpha value is -4.27. The average Bonchev–Trinajstić information content (AvgIpc) is 3.45. The number of aromatic nitrogens is 5. The lowest BCUT2D eigenvalue weighted by molar-refractivity contribution is 0.393. The SMILES string of the molecule is C=CC(=C)Nc1cccc(-n2cc(Nc3cn(C)nc3OC)c3ncc(C4CC4)n3c2=O)c1. The summed E-state index contributed by atoms with van der Waals surface area (Å²) >= 11 is 0.